The van der Waals surface area contributed by atoms with Gasteiger partial charge in [-0.15, -0.1) is 12.4 Å². The van der Waals surface area contributed by atoms with Gasteiger partial charge in [0, 0.05) is 13.0 Å². The molecule has 0 aliphatic carbocycles. The van der Waals surface area contributed by atoms with Crippen LogP contribution in [0.15, 0.2) is 0 Å². The second-order valence-corrected chi connectivity index (χ2v) is 1.38. The van der Waals surface area contributed by atoms with Gasteiger partial charge in [0.15, 0.2) is 0 Å². The van der Waals surface area contributed by atoms with Crippen molar-refractivity contribution in [2.24, 2.45) is 0 Å². The van der Waals surface area contributed by atoms with E-state index < -0.39 is 6.05 Å². The second kappa shape index (κ2) is 1.92. The standard InChI is InChI=1S/C3H5F2N.ClH/c4-3(5)1-2-6-3;/h6H,1-2H2;1H. The summed E-state index contributed by atoms with van der Waals surface area (Å²) in [5.41, 5.74) is 0. The average Bonchev–Trinajstić information content (AvgIpc) is 1.32. The molecule has 0 bridgehead atoms. The van der Waals surface area contributed by atoms with Gasteiger partial charge >= 0.3 is 6.05 Å². The van der Waals surface area contributed by atoms with Crippen molar-refractivity contribution in [1.29, 1.82) is 0 Å². The number of hydrogen-bond acceptors (Lipinski definition) is 1. The van der Waals surface area contributed by atoms with Crippen LogP contribution in [0.2, 0.25) is 0 Å². The van der Waals surface area contributed by atoms with Crippen LogP contribution in [0.4, 0.5) is 8.78 Å². The Balaban J connectivity index is 0.000000360. The van der Waals surface area contributed by atoms with E-state index in [-0.39, 0.29) is 18.8 Å². The van der Waals surface area contributed by atoms with Gasteiger partial charge in [-0.05, 0) is 0 Å². The molecule has 0 radical (unpaired) electrons. The maximum atomic E-state index is 11.4. The van der Waals surface area contributed by atoms with E-state index in [2.05, 4.69) is 0 Å². The number of halogens is 3. The Morgan fingerprint density at radius 1 is 1.43 bits per heavy atom. The Hall–Kier alpha value is 0.110. The smallest absolute Gasteiger partial charge is 0.258 e. The minimum atomic E-state index is -2.53. The summed E-state index contributed by atoms with van der Waals surface area (Å²) >= 11 is 0. The third-order valence-electron chi connectivity index (χ3n) is 0.823. The van der Waals surface area contributed by atoms with Crippen molar-refractivity contribution in [3.63, 3.8) is 0 Å². The molecule has 7 heavy (non-hydrogen) atoms. The monoisotopic (exact) mass is 129 g/mol. The molecule has 44 valence electrons. The molecule has 0 spiro atoms. The summed E-state index contributed by atoms with van der Waals surface area (Å²) < 4.78 is 22.9. The van der Waals surface area contributed by atoms with Crippen LogP contribution >= 0.6 is 12.4 Å². The Bertz CT molecular complexity index is 60.0. The Morgan fingerprint density at radius 2 is 1.71 bits per heavy atom. The van der Waals surface area contributed by atoms with Crippen molar-refractivity contribution in [3.8, 4) is 0 Å². The van der Waals surface area contributed by atoms with Crippen LogP contribution in [0, 0.1) is 0 Å². The molecule has 1 aliphatic rings. The van der Waals surface area contributed by atoms with Crippen LogP contribution in [0.3, 0.4) is 0 Å². The quantitative estimate of drug-likeness (QED) is 0.481. The Labute approximate surface area is 46.5 Å². The van der Waals surface area contributed by atoms with Gasteiger partial charge in [0.2, 0.25) is 0 Å². The molecule has 4 heteroatoms. The molecular formula is C3H6ClF2N. The summed E-state index contributed by atoms with van der Waals surface area (Å²) in [6, 6.07) is -2.53. The predicted molar refractivity (Wildman–Crippen MR) is 24.8 cm³/mol. The fraction of sp³-hybridized carbons (Fsp3) is 1.00. The lowest BCUT2D eigenvalue weighted by molar-refractivity contribution is -0.0932. The highest BCUT2D eigenvalue weighted by atomic mass is 35.5. The normalized spacial score (nSPS) is 24.9. The van der Waals surface area contributed by atoms with Gasteiger partial charge in [0.05, 0.1) is 0 Å². The average molecular weight is 130 g/mol. The van der Waals surface area contributed by atoms with E-state index in [1.54, 1.807) is 0 Å². The molecule has 0 aromatic heterocycles. The summed E-state index contributed by atoms with van der Waals surface area (Å²) in [5, 5.41) is 1.95. The summed E-state index contributed by atoms with van der Waals surface area (Å²) in [6.45, 7) is 0.465. The maximum absolute atomic E-state index is 11.4. The third kappa shape index (κ3) is 1.57. The van der Waals surface area contributed by atoms with E-state index >= 15 is 0 Å². The number of nitrogens with one attached hydrogen (secondary N) is 1. The van der Waals surface area contributed by atoms with E-state index in [1.807, 2.05) is 5.32 Å². The van der Waals surface area contributed by atoms with E-state index in [0.717, 1.165) is 0 Å². The van der Waals surface area contributed by atoms with Gasteiger partial charge in [0.1, 0.15) is 0 Å². The molecule has 0 unspecified atom stereocenters. The topological polar surface area (TPSA) is 12.0 Å². The van der Waals surface area contributed by atoms with Crippen molar-refractivity contribution in [3.05, 3.63) is 0 Å². The van der Waals surface area contributed by atoms with Crippen molar-refractivity contribution < 1.29 is 8.78 Å². The molecule has 1 nitrogen and oxygen atoms in total. The molecule has 0 amide bonds. The van der Waals surface area contributed by atoms with Crippen LogP contribution in [0.1, 0.15) is 6.42 Å². The highest BCUT2D eigenvalue weighted by molar-refractivity contribution is 5.85. The van der Waals surface area contributed by atoms with Gasteiger partial charge in [-0.25, -0.2) is 0 Å². The van der Waals surface area contributed by atoms with Gasteiger partial charge in [-0.3, -0.25) is 5.32 Å². The third-order valence-corrected chi connectivity index (χ3v) is 0.823. The molecule has 1 fully saturated rings. The van der Waals surface area contributed by atoms with Gasteiger partial charge in [-0.1, -0.05) is 0 Å². The molecule has 1 aliphatic heterocycles. The first-order chi connectivity index (χ1) is 2.71. The lowest BCUT2D eigenvalue weighted by atomic mass is 10.2. The minimum Gasteiger partial charge on any atom is -0.258 e. The summed E-state index contributed by atoms with van der Waals surface area (Å²) in [4.78, 5) is 0. The van der Waals surface area contributed by atoms with E-state index in [1.165, 1.54) is 0 Å². The van der Waals surface area contributed by atoms with E-state index in [4.69, 9.17) is 0 Å². The van der Waals surface area contributed by atoms with Crippen LogP contribution in [0.5, 0.6) is 0 Å². The van der Waals surface area contributed by atoms with Gasteiger partial charge in [-0.2, -0.15) is 8.78 Å². The molecule has 1 N–H and O–H groups in total. The first-order valence-electron chi connectivity index (χ1n) is 1.84. The molecule has 0 aromatic carbocycles. The minimum absolute atomic E-state index is 0. The van der Waals surface area contributed by atoms with Gasteiger partial charge in [0.25, 0.3) is 0 Å². The molecule has 1 saturated heterocycles. The number of hydrogen-bond donors (Lipinski definition) is 1. The molecule has 0 atom stereocenters. The zero-order valence-corrected chi connectivity index (χ0v) is 4.39. The Morgan fingerprint density at radius 3 is 1.71 bits per heavy atom. The SMILES string of the molecule is Cl.FC1(F)CCN1. The molecule has 0 aromatic rings. The molecule has 1 heterocycles. The largest absolute Gasteiger partial charge is 0.303 e. The van der Waals surface area contributed by atoms with Crippen LogP contribution in [0.25, 0.3) is 0 Å². The van der Waals surface area contributed by atoms with Crippen LogP contribution in [-0.4, -0.2) is 12.6 Å². The zero-order chi connectivity index (χ0) is 4.62. The highest BCUT2D eigenvalue weighted by Gasteiger charge is 2.35. The van der Waals surface area contributed by atoms with E-state index in [0.29, 0.717) is 6.54 Å². The Kier molecular flexibility index (Phi) is 1.95. The zero-order valence-electron chi connectivity index (χ0n) is 3.58. The second-order valence-electron chi connectivity index (χ2n) is 1.38. The predicted octanol–water partition coefficient (Wildman–Crippen LogP) is 0.994. The van der Waals surface area contributed by atoms with Crippen molar-refractivity contribution in [1.82, 2.24) is 5.32 Å². The summed E-state index contributed by atoms with van der Waals surface area (Å²) in [6.07, 6.45) is 0.00694. The van der Waals surface area contributed by atoms with Crippen LogP contribution in [-0.2, 0) is 0 Å². The molecular weight excluding hydrogens is 123 g/mol. The van der Waals surface area contributed by atoms with Crippen molar-refractivity contribution in [2.45, 2.75) is 12.5 Å². The first kappa shape index (κ1) is 7.11. The van der Waals surface area contributed by atoms with Crippen LogP contribution < -0.4 is 5.32 Å². The number of alkyl halides is 2. The molecule has 0 saturated carbocycles. The van der Waals surface area contributed by atoms with Gasteiger partial charge < -0.3 is 0 Å². The fourth-order valence-corrected chi connectivity index (χ4v) is 0.314. The summed E-state index contributed by atoms with van der Waals surface area (Å²) in [5.74, 6) is 0. The van der Waals surface area contributed by atoms with Crippen molar-refractivity contribution in [2.75, 3.05) is 6.54 Å². The maximum Gasteiger partial charge on any atom is 0.303 e. The lowest BCUT2D eigenvalue weighted by Gasteiger charge is -2.26. The summed E-state index contributed by atoms with van der Waals surface area (Å²) in [7, 11) is 0. The lowest BCUT2D eigenvalue weighted by Crippen LogP contribution is -2.49. The highest BCUT2D eigenvalue weighted by Crippen LogP contribution is 2.20. The number of rotatable bonds is 0. The first-order valence-corrected chi connectivity index (χ1v) is 1.84. The molecule has 1 rings (SSSR count). The fourth-order valence-electron chi connectivity index (χ4n) is 0.314. The van der Waals surface area contributed by atoms with E-state index in [9.17, 15) is 8.78 Å². The van der Waals surface area contributed by atoms with Crippen molar-refractivity contribution >= 4 is 12.4 Å².